The number of methoxy groups -OCH3 is 1. The van der Waals surface area contributed by atoms with E-state index in [9.17, 15) is 9.90 Å². The Hall–Kier alpha value is -1.51. The second-order valence-electron chi connectivity index (χ2n) is 5.42. The molecule has 0 fully saturated rings. The molecule has 0 amide bonds. The first-order chi connectivity index (χ1) is 8.99. The van der Waals surface area contributed by atoms with Gasteiger partial charge in [-0.1, -0.05) is 0 Å². The molecule has 0 spiro atoms. The Kier molecular flexibility index (Phi) is 3.83. The SMILES string of the molecule is COc1c(C)c2c(c(C)c1C(C)C(=O)O)CCCC2. The van der Waals surface area contributed by atoms with E-state index in [2.05, 4.69) is 6.92 Å². The molecule has 104 valence electrons. The minimum Gasteiger partial charge on any atom is -0.496 e. The van der Waals surface area contributed by atoms with E-state index in [0.29, 0.717) is 0 Å². The van der Waals surface area contributed by atoms with Gasteiger partial charge in [0.2, 0.25) is 0 Å². The average Bonchev–Trinajstić information content (AvgIpc) is 2.41. The van der Waals surface area contributed by atoms with E-state index >= 15 is 0 Å². The summed E-state index contributed by atoms with van der Waals surface area (Å²) in [5, 5.41) is 9.32. The maximum absolute atomic E-state index is 11.3. The van der Waals surface area contributed by atoms with Crippen molar-refractivity contribution < 1.29 is 14.6 Å². The van der Waals surface area contributed by atoms with Crippen molar-refractivity contribution in [3.8, 4) is 5.75 Å². The highest BCUT2D eigenvalue weighted by Crippen LogP contribution is 2.40. The average molecular weight is 262 g/mol. The number of ether oxygens (including phenoxy) is 1. The van der Waals surface area contributed by atoms with Gasteiger partial charge in [-0.15, -0.1) is 0 Å². The third-order valence-corrected chi connectivity index (χ3v) is 4.37. The second-order valence-corrected chi connectivity index (χ2v) is 5.42. The van der Waals surface area contributed by atoms with E-state index in [1.807, 2.05) is 6.92 Å². The van der Waals surface area contributed by atoms with Crippen LogP contribution in [0.2, 0.25) is 0 Å². The Morgan fingerprint density at radius 3 is 2.16 bits per heavy atom. The normalized spacial score (nSPS) is 15.8. The summed E-state index contributed by atoms with van der Waals surface area (Å²) in [6.07, 6.45) is 4.55. The molecule has 0 radical (unpaired) electrons. The predicted octanol–water partition coefficient (Wildman–Crippen LogP) is 3.38. The van der Waals surface area contributed by atoms with Crippen molar-refractivity contribution in [2.45, 2.75) is 52.4 Å². The highest BCUT2D eigenvalue weighted by atomic mass is 16.5. The molecule has 19 heavy (non-hydrogen) atoms. The van der Waals surface area contributed by atoms with Gasteiger partial charge in [-0.2, -0.15) is 0 Å². The smallest absolute Gasteiger partial charge is 0.310 e. The van der Waals surface area contributed by atoms with Gasteiger partial charge in [0, 0.05) is 5.56 Å². The molecule has 1 atom stereocenters. The van der Waals surface area contributed by atoms with Crippen molar-refractivity contribution in [3.05, 3.63) is 27.8 Å². The van der Waals surface area contributed by atoms with Gasteiger partial charge >= 0.3 is 5.97 Å². The van der Waals surface area contributed by atoms with Gasteiger partial charge in [-0.25, -0.2) is 0 Å². The summed E-state index contributed by atoms with van der Waals surface area (Å²) in [5.74, 6) is -0.550. The van der Waals surface area contributed by atoms with Crippen LogP contribution in [-0.4, -0.2) is 18.2 Å². The number of carboxylic acid groups (broad SMARTS) is 1. The standard InChI is InChI=1S/C16H22O3/c1-9-12-7-5-6-8-13(12)10(2)15(19-4)14(9)11(3)16(17)18/h11H,5-8H2,1-4H3,(H,17,18). The summed E-state index contributed by atoms with van der Waals surface area (Å²) in [6, 6.07) is 0. The summed E-state index contributed by atoms with van der Waals surface area (Å²) in [5.41, 5.74) is 5.83. The van der Waals surface area contributed by atoms with E-state index < -0.39 is 11.9 Å². The van der Waals surface area contributed by atoms with Crippen LogP contribution in [0.3, 0.4) is 0 Å². The van der Waals surface area contributed by atoms with Crippen molar-refractivity contribution in [1.29, 1.82) is 0 Å². The van der Waals surface area contributed by atoms with Crippen molar-refractivity contribution in [2.75, 3.05) is 7.11 Å². The summed E-state index contributed by atoms with van der Waals surface area (Å²) in [4.78, 5) is 11.3. The molecule has 1 aromatic carbocycles. The molecule has 3 heteroatoms. The third-order valence-electron chi connectivity index (χ3n) is 4.37. The minimum atomic E-state index is -0.795. The van der Waals surface area contributed by atoms with Crippen LogP contribution in [-0.2, 0) is 17.6 Å². The van der Waals surface area contributed by atoms with Crippen LogP contribution in [0.15, 0.2) is 0 Å². The van der Waals surface area contributed by atoms with Crippen LogP contribution in [0.4, 0.5) is 0 Å². The lowest BCUT2D eigenvalue weighted by molar-refractivity contribution is -0.138. The van der Waals surface area contributed by atoms with Crippen LogP contribution in [0.1, 0.15) is 53.5 Å². The van der Waals surface area contributed by atoms with Gasteiger partial charge in [0.05, 0.1) is 13.0 Å². The molecule has 0 aromatic heterocycles. The van der Waals surface area contributed by atoms with Gasteiger partial charge in [0.25, 0.3) is 0 Å². The molecule has 0 saturated carbocycles. The quantitative estimate of drug-likeness (QED) is 0.908. The number of carboxylic acids is 1. The fraction of sp³-hybridized carbons (Fsp3) is 0.562. The Morgan fingerprint density at radius 2 is 1.68 bits per heavy atom. The van der Waals surface area contributed by atoms with Crippen molar-refractivity contribution in [1.82, 2.24) is 0 Å². The minimum absolute atomic E-state index is 0.527. The van der Waals surface area contributed by atoms with Crippen LogP contribution >= 0.6 is 0 Å². The molecule has 0 bridgehead atoms. The first kappa shape index (κ1) is 13.9. The summed E-state index contributed by atoms with van der Waals surface area (Å²) in [6.45, 7) is 5.84. The van der Waals surface area contributed by atoms with Crippen LogP contribution in [0.5, 0.6) is 5.75 Å². The second kappa shape index (κ2) is 5.24. The highest BCUT2D eigenvalue weighted by Gasteiger charge is 2.27. The number of hydrogen-bond acceptors (Lipinski definition) is 2. The first-order valence-electron chi connectivity index (χ1n) is 6.90. The largest absolute Gasteiger partial charge is 0.496 e. The topological polar surface area (TPSA) is 46.5 Å². The fourth-order valence-corrected chi connectivity index (χ4v) is 3.31. The lowest BCUT2D eigenvalue weighted by Crippen LogP contribution is -2.16. The zero-order chi connectivity index (χ0) is 14.2. The number of aliphatic carboxylic acids is 1. The number of rotatable bonds is 3. The molecule has 1 aliphatic rings. The Bertz CT molecular complexity index is 517. The van der Waals surface area contributed by atoms with E-state index in [0.717, 1.165) is 35.3 Å². The Morgan fingerprint density at radius 1 is 1.16 bits per heavy atom. The summed E-state index contributed by atoms with van der Waals surface area (Å²) in [7, 11) is 1.63. The molecule has 1 aromatic rings. The summed E-state index contributed by atoms with van der Waals surface area (Å²) >= 11 is 0. The van der Waals surface area contributed by atoms with E-state index in [1.54, 1.807) is 14.0 Å². The molecule has 1 N–H and O–H groups in total. The lowest BCUT2D eigenvalue weighted by Gasteiger charge is -2.27. The fourth-order valence-electron chi connectivity index (χ4n) is 3.31. The molecule has 1 aliphatic carbocycles. The van der Waals surface area contributed by atoms with Gasteiger partial charge in [-0.3, -0.25) is 4.79 Å². The number of carbonyl (C=O) groups is 1. The van der Waals surface area contributed by atoms with Crippen molar-refractivity contribution in [2.24, 2.45) is 0 Å². The molecule has 3 nitrogen and oxygen atoms in total. The molecule has 0 heterocycles. The van der Waals surface area contributed by atoms with Gasteiger partial charge < -0.3 is 9.84 Å². The maximum atomic E-state index is 11.3. The highest BCUT2D eigenvalue weighted by molar-refractivity contribution is 5.78. The van der Waals surface area contributed by atoms with Gasteiger partial charge in [-0.05, 0) is 68.7 Å². The Labute approximate surface area is 114 Å². The number of fused-ring (bicyclic) bond motifs is 1. The monoisotopic (exact) mass is 262 g/mol. The Balaban J connectivity index is 2.71. The van der Waals surface area contributed by atoms with Crippen LogP contribution in [0, 0.1) is 13.8 Å². The molecule has 2 rings (SSSR count). The van der Waals surface area contributed by atoms with Crippen LogP contribution < -0.4 is 4.74 Å². The van der Waals surface area contributed by atoms with Crippen molar-refractivity contribution in [3.63, 3.8) is 0 Å². The molecule has 0 saturated heterocycles. The van der Waals surface area contributed by atoms with E-state index in [1.165, 1.54) is 24.0 Å². The third kappa shape index (κ3) is 2.22. The van der Waals surface area contributed by atoms with Crippen molar-refractivity contribution >= 4 is 5.97 Å². The van der Waals surface area contributed by atoms with Crippen LogP contribution in [0.25, 0.3) is 0 Å². The van der Waals surface area contributed by atoms with E-state index in [-0.39, 0.29) is 0 Å². The number of hydrogen-bond donors (Lipinski definition) is 1. The summed E-state index contributed by atoms with van der Waals surface area (Å²) < 4.78 is 5.53. The number of benzene rings is 1. The zero-order valence-electron chi connectivity index (χ0n) is 12.2. The van der Waals surface area contributed by atoms with Gasteiger partial charge in [0.15, 0.2) is 0 Å². The molecule has 0 aliphatic heterocycles. The molecular formula is C16H22O3. The lowest BCUT2D eigenvalue weighted by atomic mass is 9.80. The van der Waals surface area contributed by atoms with Gasteiger partial charge in [0.1, 0.15) is 5.75 Å². The zero-order valence-corrected chi connectivity index (χ0v) is 12.2. The molecule has 1 unspecified atom stereocenters. The first-order valence-corrected chi connectivity index (χ1v) is 6.90. The maximum Gasteiger partial charge on any atom is 0.310 e. The predicted molar refractivity (Wildman–Crippen MR) is 75.2 cm³/mol. The molecular weight excluding hydrogens is 240 g/mol. The van der Waals surface area contributed by atoms with E-state index in [4.69, 9.17) is 4.74 Å².